The van der Waals surface area contributed by atoms with Gasteiger partial charge in [-0.2, -0.15) is 0 Å². The van der Waals surface area contributed by atoms with Gasteiger partial charge in [-0.05, 0) is 36.8 Å². The van der Waals surface area contributed by atoms with Gasteiger partial charge in [0, 0.05) is 12.5 Å². The molecule has 9 nitrogen and oxygen atoms in total. The maximum Gasteiger partial charge on any atom is 0.338 e. The molecule has 0 saturated heterocycles. The smallest absolute Gasteiger partial charge is 0.338 e. The first-order valence-corrected chi connectivity index (χ1v) is 11.7. The number of allylic oxidation sites excluding steroid dienone is 1. The van der Waals surface area contributed by atoms with Crippen LogP contribution in [0.2, 0.25) is 0 Å². The van der Waals surface area contributed by atoms with Crippen molar-refractivity contribution in [3.05, 3.63) is 84.5 Å². The van der Waals surface area contributed by atoms with Gasteiger partial charge in [-0.15, -0.1) is 0 Å². The predicted octanol–water partition coefficient (Wildman–Crippen LogP) is 2.35. The van der Waals surface area contributed by atoms with Crippen molar-refractivity contribution in [2.75, 3.05) is 21.3 Å². The lowest BCUT2D eigenvalue weighted by molar-refractivity contribution is -0.136. The minimum absolute atomic E-state index is 0.246. The molecule has 0 radical (unpaired) electrons. The van der Waals surface area contributed by atoms with Crippen LogP contribution in [0.25, 0.3) is 6.08 Å². The van der Waals surface area contributed by atoms with Gasteiger partial charge in [-0.1, -0.05) is 35.6 Å². The van der Waals surface area contributed by atoms with E-state index in [1.807, 2.05) is 6.07 Å². The maximum atomic E-state index is 13.7. The van der Waals surface area contributed by atoms with Crippen LogP contribution in [0.3, 0.4) is 0 Å². The number of hydrogen-bond acceptors (Lipinski definition) is 9. The first-order valence-electron chi connectivity index (χ1n) is 10.9. The molecule has 1 unspecified atom stereocenters. The number of para-hydroxylation sites is 1. The summed E-state index contributed by atoms with van der Waals surface area (Å²) in [5.74, 6) is 0.344. The molecule has 4 rings (SSSR count). The Bertz CT molecular complexity index is 1550. The van der Waals surface area contributed by atoms with E-state index in [2.05, 4.69) is 4.99 Å². The number of aromatic nitrogens is 1. The van der Waals surface area contributed by atoms with Crippen molar-refractivity contribution in [1.82, 2.24) is 4.57 Å². The number of esters is 2. The first kappa shape index (κ1) is 24.9. The SMILES string of the molecule is COC(=O)C1=C(C)N=c2sc(=Cc3cccc(OC)c3OC)c(=O)n2C1c1ccc(OC(C)=O)cc1. The molecule has 0 fully saturated rings. The van der Waals surface area contributed by atoms with Crippen molar-refractivity contribution in [2.24, 2.45) is 4.99 Å². The molecule has 36 heavy (non-hydrogen) atoms. The third-order valence-corrected chi connectivity index (χ3v) is 6.59. The van der Waals surface area contributed by atoms with Crippen LogP contribution in [0, 0.1) is 0 Å². The van der Waals surface area contributed by atoms with E-state index in [0.29, 0.717) is 43.4 Å². The number of benzene rings is 2. The summed E-state index contributed by atoms with van der Waals surface area (Å²) >= 11 is 1.20. The van der Waals surface area contributed by atoms with Crippen molar-refractivity contribution >= 4 is 29.4 Å². The Labute approximate surface area is 210 Å². The summed E-state index contributed by atoms with van der Waals surface area (Å²) in [5, 5.41) is 0. The molecule has 2 aromatic carbocycles. The van der Waals surface area contributed by atoms with Crippen molar-refractivity contribution in [1.29, 1.82) is 0 Å². The van der Waals surface area contributed by atoms with Gasteiger partial charge in [0.05, 0.1) is 43.2 Å². The molecule has 0 bridgehead atoms. The lowest BCUT2D eigenvalue weighted by Gasteiger charge is -2.24. The van der Waals surface area contributed by atoms with E-state index in [1.165, 1.54) is 37.0 Å². The van der Waals surface area contributed by atoms with Crippen molar-refractivity contribution in [3.8, 4) is 17.2 Å². The van der Waals surface area contributed by atoms with Crippen molar-refractivity contribution < 1.29 is 28.5 Å². The summed E-state index contributed by atoms with van der Waals surface area (Å²) in [7, 11) is 4.35. The van der Waals surface area contributed by atoms with E-state index >= 15 is 0 Å². The van der Waals surface area contributed by atoms with E-state index in [-0.39, 0.29) is 11.1 Å². The maximum absolute atomic E-state index is 13.7. The van der Waals surface area contributed by atoms with Crippen LogP contribution >= 0.6 is 11.3 Å². The van der Waals surface area contributed by atoms with Gasteiger partial charge in [0.1, 0.15) is 5.75 Å². The zero-order valence-electron chi connectivity index (χ0n) is 20.4. The number of ether oxygens (including phenoxy) is 4. The first-order chi connectivity index (χ1) is 17.3. The van der Waals surface area contributed by atoms with E-state index in [9.17, 15) is 14.4 Å². The highest BCUT2D eigenvalue weighted by molar-refractivity contribution is 7.07. The molecule has 1 aliphatic heterocycles. The number of thiazole rings is 1. The fourth-order valence-electron chi connectivity index (χ4n) is 4.06. The minimum atomic E-state index is -0.783. The van der Waals surface area contributed by atoms with Gasteiger partial charge in [-0.3, -0.25) is 14.2 Å². The van der Waals surface area contributed by atoms with Crippen LogP contribution in [0.4, 0.5) is 0 Å². The predicted molar refractivity (Wildman–Crippen MR) is 133 cm³/mol. The Morgan fingerprint density at radius 3 is 2.39 bits per heavy atom. The zero-order chi connectivity index (χ0) is 26.0. The summed E-state index contributed by atoms with van der Waals surface area (Å²) in [6.45, 7) is 3.01. The molecule has 1 atom stereocenters. The fraction of sp³-hybridized carbons (Fsp3) is 0.231. The second-order valence-electron chi connectivity index (χ2n) is 7.82. The Morgan fingerprint density at radius 2 is 1.78 bits per heavy atom. The van der Waals surface area contributed by atoms with Gasteiger partial charge in [0.2, 0.25) is 0 Å². The van der Waals surface area contributed by atoms with Gasteiger partial charge in [0.25, 0.3) is 5.56 Å². The summed E-state index contributed by atoms with van der Waals surface area (Å²) in [6.07, 6.45) is 1.71. The largest absolute Gasteiger partial charge is 0.493 e. The zero-order valence-corrected chi connectivity index (χ0v) is 21.2. The summed E-state index contributed by atoms with van der Waals surface area (Å²) in [6, 6.07) is 11.2. The van der Waals surface area contributed by atoms with Crippen LogP contribution in [0.1, 0.15) is 31.0 Å². The average molecular weight is 509 g/mol. The number of nitrogens with zero attached hydrogens (tertiary/aromatic N) is 2. The number of carbonyl (C=O) groups is 2. The third kappa shape index (κ3) is 4.55. The highest BCUT2D eigenvalue weighted by Crippen LogP contribution is 2.32. The standard InChI is InChI=1S/C26H24N2O7S/c1-14-21(25(31)34-5)22(16-9-11-18(12-10-16)35-15(2)29)28-24(30)20(36-26(28)27-14)13-17-7-6-8-19(32-3)23(17)33-4/h6-13,22H,1-5H3. The van der Waals surface area contributed by atoms with Gasteiger partial charge in [-0.25, -0.2) is 9.79 Å². The molecular formula is C26H24N2O7S. The Hall–Kier alpha value is -4.18. The molecule has 1 aliphatic rings. The molecule has 0 spiro atoms. The molecule has 0 aliphatic carbocycles. The number of carbonyl (C=O) groups excluding carboxylic acids is 2. The van der Waals surface area contributed by atoms with Crippen LogP contribution in [0.5, 0.6) is 17.2 Å². The molecule has 186 valence electrons. The second-order valence-corrected chi connectivity index (χ2v) is 8.83. The molecule has 1 aromatic heterocycles. The highest BCUT2D eigenvalue weighted by Gasteiger charge is 2.33. The monoisotopic (exact) mass is 508 g/mol. The van der Waals surface area contributed by atoms with E-state index in [4.69, 9.17) is 18.9 Å². The van der Waals surface area contributed by atoms with Crippen LogP contribution < -0.4 is 29.1 Å². The Kier molecular flexibility index (Phi) is 7.07. The Morgan fingerprint density at radius 1 is 1.06 bits per heavy atom. The van der Waals surface area contributed by atoms with E-state index in [1.54, 1.807) is 56.5 Å². The molecule has 0 N–H and O–H groups in total. The fourth-order valence-corrected chi connectivity index (χ4v) is 5.10. The lowest BCUT2D eigenvalue weighted by atomic mass is 9.96. The quantitative estimate of drug-likeness (QED) is 0.372. The average Bonchev–Trinajstić information content (AvgIpc) is 3.16. The highest BCUT2D eigenvalue weighted by atomic mass is 32.1. The number of methoxy groups -OCH3 is 3. The summed E-state index contributed by atoms with van der Waals surface area (Å²) in [4.78, 5) is 42.8. The second kappa shape index (κ2) is 10.2. The van der Waals surface area contributed by atoms with Crippen LogP contribution in [0.15, 0.2) is 63.5 Å². The lowest BCUT2D eigenvalue weighted by Crippen LogP contribution is -2.39. The minimum Gasteiger partial charge on any atom is -0.493 e. The van der Waals surface area contributed by atoms with Crippen molar-refractivity contribution in [3.63, 3.8) is 0 Å². The molecule has 0 saturated carbocycles. The number of fused-ring (bicyclic) bond motifs is 1. The third-order valence-electron chi connectivity index (χ3n) is 5.60. The normalized spacial score (nSPS) is 15.1. The van der Waals surface area contributed by atoms with E-state index < -0.39 is 18.0 Å². The molecule has 0 amide bonds. The molecule has 3 aromatic rings. The molecule has 10 heteroatoms. The number of hydrogen-bond donors (Lipinski definition) is 0. The number of rotatable bonds is 6. The Balaban J connectivity index is 1.93. The molecular weight excluding hydrogens is 484 g/mol. The van der Waals surface area contributed by atoms with Crippen molar-refractivity contribution in [2.45, 2.75) is 19.9 Å². The summed E-state index contributed by atoms with van der Waals surface area (Å²) < 4.78 is 22.9. The topological polar surface area (TPSA) is 105 Å². The van der Waals surface area contributed by atoms with Crippen LogP contribution in [-0.2, 0) is 14.3 Å². The van der Waals surface area contributed by atoms with Crippen LogP contribution in [-0.4, -0.2) is 37.8 Å². The molecule has 2 heterocycles. The van der Waals surface area contributed by atoms with Gasteiger partial charge in [0.15, 0.2) is 16.3 Å². The summed E-state index contributed by atoms with van der Waals surface area (Å²) in [5.41, 5.74) is 1.66. The van der Waals surface area contributed by atoms with E-state index in [0.717, 1.165) is 0 Å². The van der Waals surface area contributed by atoms with Gasteiger partial charge < -0.3 is 18.9 Å². The van der Waals surface area contributed by atoms with Gasteiger partial charge >= 0.3 is 11.9 Å².